The minimum absolute atomic E-state index is 0.581. The number of aromatic nitrogens is 5. The van der Waals surface area contributed by atoms with E-state index in [-0.39, 0.29) is 0 Å². The van der Waals surface area contributed by atoms with Crippen molar-refractivity contribution >= 4 is 16.4 Å². The number of fused-ring (bicyclic) bond motifs is 1. The molecule has 3 aromatic heterocycles. The van der Waals surface area contributed by atoms with Crippen LogP contribution in [0, 0.1) is 20.8 Å². The van der Waals surface area contributed by atoms with E-state index in [2.05, 4.69) is 56.2 Å². The molecule has 3 heterocycles. The maximum absolute atomic E-state index is 12.7. The van der Waals surface area contributed by atoms with E-state index >= 15 is 0 Å². The van der Waals surface area contributed by atoms with Crippen molar-refractivity contribution in [1.29, 1.82) is 0 Å². The van der Waals surface area contributed by atoms with Crippen LogP contribution in [0.15, 0.2) is 41.4 Å². The summed E-state index contributed by atoms with van der Waals surface area (Å²) in [5, 5.41) is 9.87. The highest BCUT2D eigenvalue weighted by Gasteiger charge is 2.20. The van der Waals surface area contributed by atoms with Crippen molar-refractivity contribution < 1.29 is 4.21 Å². The number of nitrogens with zero attached hydrogens (tertiary/aromatic N) is 5. The van der Waals surface area contributed by atoms with Gasteiger partial charge in [0.2, 0.25) is 0 Å². The predicted octanol–water partition coefficient (Wildman–Crippen LogP) is 4.63. The first-order chi connectivity index (χ1) is 14.4. The number of unbranched alkanes of at least 4 members (excludes halogenated alkanes) is 1. The van der Waals surface area contributed by atoms with Gasteiger partial charge in [0.1, 0.15) is 0 Å². The molecule has 0 radical (unpaired) electrons. The average Bonchev–Trinajstić information content (AvgIpc) is 3.27. The summed E-state index contributed by atoms with van der Waals surface area (Å²) in [5.41, 5.74) is 7.75. The smallest absolute Gasteiger partial charge is 0.157 e. The summed E-state index contributed by atoms with van der Waals surface area (Å²) in [4.78, 5) is 4.85. The van der Waals surface area contributed by atoms with Crippen molar-refractivity contribution in [3.05, 3.63) is 53.3 Å². The van der Waals surface area contributed by atoms with E-state index in [1.54, 1.807) is 0 Å². The molecule has 0 spiro atoms. The third-order valence-electron chi connectivity index (χ3n) is 5.43. The van der Waals surface area contributed by atoms with Gasteiger partial charge in [-0.2, -0.15) is 10.2 Å². The summed E-state index contributed by atoms with van der Waals surface area (Å²) >= 11 is 0. The first-order valence-electron chi connectivity index (χ1n) is 10.3. The van der Waals surface area contributed by atoms with E-state index in [4.69, 9.17) is 10.1 Å². The van der Waals surface area contributed by atoms with Gasteiger partial charge in [-0.05, 0) is 33.3 Å². The fourth-order valence-corrected chi connectivity index (χ4v) is 4.81. The number of aryl methyl sites for hydroxylation is 3. The lowest BCUT2D eigenvalue weighted by Gasteiger charge is -2.09. The first kappa shape index (κ1) is 20.5. The van der Waals surface area contributed by atoms with Crippen molar-refractivity contribution in [2.45, 2.75) is 45.6 Å². The Morgan fingerprint density at radius 3 is 2.40 bits per heavy atom. The van der Waals surface area contributed by atoms with Crippen LogP contribution in [-0.4, -0.2) is 34.3 Å². The SMILES string of the molecule is CCCCS(=O)c1cc2nc(-c3ccc(C)cc3)cc(-c3c(C)nn(C)c3C)n2n1. The van der Waals surface area contributed by atoms with Crippen LogP contribution in [0.5, 0.6) is 0 Å². The normalized spacial score (nSPS) is 12.6. The van der Waals surface area contributed by atoms with E-state index in [1.807, 2.05) is 29.2 Å². The van der Waals surface area contributed by atoms with Gasteiger partial charge in [0.05, 0.1) is 27.9 Å². The Morgan fingerprint density at radius 2 is 1.77 bits per heavy atom. The van der Waals surface area contributed by atoms with Crippen molar-refractivity contribution in [2.24, 2.45) is 7.05 Å². The van der Waals surface area contributed by atoms with Crippen LogP contribution in [0.3, 0.4) is 0 Å². The Balaban J connectivity index is 1.95. The third kappa shape index (κ3) is 3.69. The minimum atomic E-state index is -1.13. The molecule has 0 saturated heterocycles. The Hall–Kier alpha value is -2.80. The zero-order valence-corrected chi connectivity index (χ0v) is 19.0. The zero-order chi connectivity index (χ0) is 21.4. The Labute approximate surface area is 179 Å². The Kier molecular flexibility index (Phi) is 5.56. The van der Waals surface area contributed by atoms with Gasteiger partial charge < -0.3 is 0 Å². The van der Waals surface area contributed by atoms with Gasteiger partial charge in [-0.3, -0.25) is 8.89 Å². The molecule has 0 N–H and O–H groups in total. The maximum atomic E-state index is 12.7. The second-order valence-electron chi connectivity index (χ2n) is 7.72. The van der Waals surface area contributed by atoms with E-state index in [9.17, 15) is 4.21 Å². The van der Waals surface area contributed by atoms with E-state index in [0.29, 0.717) is 16.4 Å². The topological polar surface area (TPSA) is 65.1 Å². The highest BCUT2D eigenvalue weighted by molar-refractivity contribution is 7.84. The lowest BCUT2D eigenvalue weighted by molar-refractivity contribution is 0.675. The largest absolute Gasteiger partial charge is 0.272 e. The second-order valence-corrected chi connectivity index (χ2v) is 9.24. The quantitative estimate of drug-likeness (QED) is 0.455. The minimum Gasteiger partial charge on any atom is -0.272 e. The van der Waals surface area contributed by atoms with Gasteiger partial charge in [-0.1, -0.05) is 43.2 Å². The Morgan fingerprint density at radius 1 is 1.03 bits per heavy atom. The molecule has 0 saturated carbocycles. The molecule has 0 aliphatic rings. The van der Waals surface area contributed by atoms with Crippen LogP contribution in [0.25, 0.3) is 28.2 Å². The van der Waals surface area contributed by atoms with E-state index in [0.717, 1.165) is 46.7 Å². The summed E-state index contributed by atoms with van der Waals surface area (Å²) in [5.74, 6) is 0.617. The lowest BCUT2D eigenvalue weighted by atomic mass is 10.1. The summed E-state index contributed by atoms with van der Waals surface area (Å²) in [6, 6.07) is 12.2. The number of hydrogen-bond acceptors (Lipinski definition) is 4. The third-order valence-corrected chi connectivity index (χ3v) is 6.76. The molecular weight excluding hydrogens is 394 g/mol. The molecule has 6 nitrogen and oxygen atoms in total. The molecule has 30 heavy (non-hydrogen) atoms. The number of hydrogen-bond donors (Lipinski definition) is 0. The van der Waals surface area contributed by atoms with E-state index in [1.165, 1.54) is 5.56 Å². The second kappa shape index (κ2) is 8.14. The Bertz CT molecular complexity index is 1240. The van der Waals surface area contributed by atoms with Crippen LogP contribution >= 0.6 is 0 Å². The van der Waals surface area contributed by atoms with Gasteiger partial charge in [0, 0.05) is 35.7 Å². The molecule has 4 aromatic rings. The van der Waals surface area contributed by atoms with E-state index < -0.39 is 10.8 Å². The maximum Gasteiger partial charge on any atom is 0.157 e. The monoisotopic (exact) mass is 421 g/mol. The van der Waals surface area contributed by atoms with Crippen LogP contribution < -0.4 is 0 Å². The fourth-order valence-electron chi connectivity index (χ4n) is 3.64. The summed E-state index contributed by atoms with van der Waals surface area (Å²) in [7, 11) is 0.811. The van der Waals surface area contributed by atoms with Gasteiger partial charge in [0.15, 0.2) is 10.7 Å². The average molecular weight is 422 g/mol. The van der Waals surface area contributed by atoms with Gasteiger partial charge in [-0.15, -0.1) is 0 Å². The molecule has 1 aromatic carbocycles. The fraction of sp³-hybridized carbons (Fsp3) is 0.348. The van der Waals surface area contributed by atoms with Crippen molar-refractivity contribution in [3.8, 4) is 22.5 Å². The molecular formula is C23H27N5OS. The van der Waals surface area contributed by atoms with Crippen LogP contribution in [0.2, 0.25) is 0 Å². The highest BCUT2D eigenvalue weighted by atomic mass is 32.2. The predicted molar refractivity (Wildman–Crippen MR) is 121 cm³/mol. The summed E-state index contributed by atoms with van der Waals surface area (Å²) < 4.78 is 16.4. The van der Waals surface area contributed by atoms with Crippen LogP contribution in [-0.2, 0) is 17.8 Å². The van der Waals surface area contributed by atoms with Crippen molar-refractivity contribution in [3.63, 3.8) is 0 Å². The highest BCUT2D eigenvalue weighted by Crippen LogP contribution is 2.31. The molecule has 1 unspecified atom stereocenters. The van der Waals surface area contributed by atoms with Crippen molar-refractivity contribution in [2.75, 3.05) is 5.75 Å². The van der Waals surface area contributed by atoms with Gasteiger partial charge >= 0.3 is 0 Å². The molecule has 0 fully saturated rings. The summed E-state index contributed by atoms with van der Waals surface area (Å²) in [6.07, 6.45) is 1.92. The molecule has 0 amide bonds. The van der Waals surface area contributed by atoms with Gasteiger partial charge in [0.25, 0.3) is 0 Å². The van der Waals surface area contributed by atoms with Crippen molar-refractivity contribution in [1.82, 2.24) is 24.4 Å². The molecule has 4 rings (SSSR count). The first-order valence-corrected chi connectivity index (χ1v) is 11.6. The zero-order valence-electron chi connectivity index (χ0n) is 18.1. The molecule has 156 valence electrons. The molecule has 7 heteroatoms. The van der Waals surface area contributed by atoms with Crippen LogP contribution in [0.1, 0.15) is 36.7 Å². The molecule has 0 aliphatic heterocycles. The van der Waals surface area contributed by atoms with Gasteiger partial charge in [-0.25, -0.2) is 9.50 Å². The molecule has 0 aliphatic carbocycles. The standard InChI is InChI=1S/C23H27N5OS/c1-6-7-12-30(29)22-14-21-24-19(18-10-8-15(2)9-11-18)13-20(28(21)26-22)23-16(3)25-27(5)17(23)4/h8-11,13-14H,6-7,12H2,1-5H3. The van der Waals surface area contributed by atoms with Crippen LogP contribution in [0.4, 0.5) is 0 Å². The lowest BCUT2D eigenvalue weighted by Crippen LogP contribution is -2.02. The number of benzene rings is 1. The molecule has 0 bridgehead atoms. The molecule has 1 atom stereocenters. The summed E-state index contributed by atoms with van der Waals surface area (Å²) in [6.45, 7) is 8.23. The number of rotatable bonds is 6.